The van der Waals surface area contributed by atoms with Gasteiger partial charge in [0.25, 0.3) is 0 Å². The molecule has 0 aliphatic rings. The summed E-state index contributed by atoms with van der Waals surface area (Å²) in [6.45, 7) is 0. The second kappa shape index (κ2) is 6.26. The van der Waals surface area contributed by atoms with Crippen molar-refractivity contribution in [3.05, 3.63) is 58.8 Å². The van der Waals surface area contributed by atoms with E-state index in [0.29, 0.717) is 0 Å². The van der Waals surface area contributed by atoms with Crippen molar-refractivity contribution in [2.75, 3.05) is 7.11 Å². The van der Waals surface area contributed by atoms with Gasteiger partial charge in [0.1, 0.15) is 11.4 Å². The Labute approximate surface area is 141 Å². The minimum Gasteiger partial charge on any atom is -0.497 e. The summed E-state index contributed by atoms with van der Waals surface area (Å²) in [4.78, 5) is 15.8. The van der Waals surface area contributed by atoms with Gasteiger partial charge in [0.05, 0.1) is 18.5 Å². The number of pyridine rings is 1. The first-order chi connectivity index (χ1) is 11.1. The Bertz CT molecular complexity index is 915. The van der Waals surface area contributed by atoms with Gasteiger partial charge in [0.15, 0.2) is 0 Å². The van der Waals surface area contributed by atoms with Crippen LogP contribution in [0.25, 0.3) is 23.0 Å². The van der Waals surface area contributed by atoms with Gasteiger partial charge in [-0.2, -0.15) is 0 Å². The Kier molecular flexibility index (Phi) is 4.16. The number of hydrogen-bond donors (Lipinski definition) is 1. The van der Waals surface area contributed by atoms with Gasteiger partial charge in [0, 0.05) is 22.3 Å². The third kappa shape index (κ3) is 3.12. The molecular weight excluding hydrogens is 358 g/mol. The zero-order valence-corrected chi connectivity index (χ0v) is 13.9. The molecule has 6 heteroatoms. The average molecular weight is 372 g/mol. The second-order valence-corrected chi connectivity index (χ2v) is 5.80. The lowest BCUT2D eigenvalue weighted by Gasteiger charge is -2.04. The van der Waals surface area contributed by atoms with Crippen LogP contribution < -0.4 is 10.5 Å². The third-order valence-corrected chi connectivity index (χ3v) is 3.84. The van der Waals surface area contributed by atoms with E-state index in [1.54, 1.807) is 13.2 Å². The number of amides is 1. The highest BCUT2D eigenvalue weighted by Gasteiger charge is 2.13. The molecule has 3 aromatic rings. The maximum absolute atomic E-state index is 11.1. The van der Waals surface area contributed by atoms with Crippen molar-refractivity contribution in [3.8, 4) is 17.0 Å². The van der Waals surface area contributed by atoms with Crippen LogP contribution in [0.3, 0.4) is 0 Å². The lowest BCUT2D eigenvalue weighted by molar-refractivity contribution is -0.113. The Morgan fingerprint density at radius 2 is 2.17 bits per heavy atom. The molecule has 0 fully saturated rings. The van der Waals surface area contributed by atoms with Crippen LogP contribution in [0.2, 0.25) is 0 Å². The molecule has 0 radical (unpaired) electrons. The highest BCUT2D eigenvalue weighted by atomic mass is 79.9. The Balaban J connectivity index is 2.26. The van der Waals surface area contributed by atoms with Crippen molar-refractivity contribution < 1.29 is 9.53 Å². The number of methoxy groups -OCH3 is 1. The number of aromatic nitrogens is 2. The summed E-state index contributed by atoms with van der Waals surface area (Å²) in [5.74, 6) is 0.233. The molecule has 1 amide bonds. The molecule has 1 aromatic carbocycles. The van der Waals surface area contributed by atoms with Gasteiger partial charge in [-0.05, 0) is 46.3 Å². The minimum atomic E-state index is -0.508. The molecule has 0 bridgehead atoms. The second-order valence-electron chi connectivity index (χ2n) is 4.89. The zero-order chi connectivity index (χ0) is 16.4. The summed E-state index contributed by atoms with van der Waals surface area (Å²) in [7, 11) is 1.62. The van der Waals surface area contributed by atoms with Crippen LogP contribution in [0.15, 0.2) is 53.1 Å². The minimum absolute atomic E-state index is 0.508. The number of primary amides is 1. The molecule has 2 N–H and O–H groups in total. The van der Waals surface area contributed by atoms with Crippen molar-refractivity contribution >= 4 is 33.6 Å². The first kappa shape index (κ1) is 15.3. The van der Waals surface area contributed by atoms with Crippen LogP contribution in [0.5, 0.6) is 5.75 Å². The molecule has 0 saturated carbocycles. The molecule has 116 valence electrons. The highest BCUT2D eigenvalue weighted by Crippen LogP contribution is 2.29. The molecule has 2 heterocycles. The number of fused-ring (bicyclic) bond motifs is 1. The maximum Gasteiger partial charge on any atom is 0.241 e. The van der Waals surface area contributed by atoms with Gasteiger partial charge in [-0.25, -0.2) is 4.98 Å². The van der Waals surface area contributed by atoms with Crippen LogP contribution in [0, 0.1) is 0 Å². The van der Waals surface area contributed by atoms with Crippen LogP contribution in [-0.2, 0) is 4.79 Å². The molecule has 0 aliphatic heterocycles. The van der Waals surface area contributed by atoms with E-state index in [0.717, 1.165) is 32.8 Å². The van der Waals surface area contributed by atoms with E-state index in [4.69, 9.17) is 10.5 Å². The van der Waals surface area contributed by atoms with Crippen molar-refractivity contribution in [2.45, 2.75) is 0 Å². The number of carbonyl (C=O) groups is 1. The summed E-state index contributed by atoms with van der Waals surface area (Å²) in [6.07, 6.45) is 4.89. The smallest absolute Gasteiger partial charge is 0.241 e. The lowest BCUT2D eigenvalue weighted by Crippen LogP contribution is -2.05. The van der Waals surface area contributed by atoms with Crippen LogP contribution >= 0.6 is 15.9 Å². The molecule has 0 unspecified atom stereocenters. The third-order valence-electron chi connectivity index (χ3n) is 3.37. The lowest BCUT2D eigenvalue weighted by atomic mass is 10.1. The molecule has 23 heavy (non-hydrogen) atoms. The number of benzene rings is 1. The van der Waals surface area contributed by atoms with Gasteiger partial charge in [0.2, 0.25) is 5.91 Å². The standard InChI is InChI=1S/C17H14BrN3O2/c1-23-13-4-2-3-11(9-13)17-14(6-7-15(19)22)21-10-12(18)5-8-16(21)20-17/h2-10H,1H3,(H2,19,22)/b7-6+. The van der Waals surface area contributed by atoms with E-state index in [-0.39, 0.29) is 0 Å². The maximum atomic E-state index is 11.1. The largest absolute Gasteiger partial charge is 0.497 e. The number of hydrogen-bond acceptors (Lipinski definition) is 3. The zero-order valence-electron chi connectivity index (χ0n) is 12.4. The van der Waals surface area contributed by atoms with Crippen molar-refractivity contribution in [1.29, 1.82) is 0 Å². The van der Waals surface area contributed by atoms with Crippen LogP contribution in [-0.4, -0.2) is 22.4 Å². The molecule has 0 aliphatic carbocycles. The highest BCUT2D eigenvalue weighted by molar-refractivity contribution is 9.10. The first-order valence-corrected chi connectivity index (χ1v) is 7.67. The van der Waals surface area contributed by atoms with E-state index < -0.39 is 5.91 Å². The summed E-state index contributed by atoms with van der Waals surface area (Å²) >= 11 is 3.45. The Morgan fingerprint density at radius 1 is 1.35 bits per heavy atom. The van der Waals surface area contributed by atoms with Crippen molar-refractivity contribution in [1.82, 2.24) is 9.38 Å². The predicted octanol–water partition coefficient (Wildman–Crippen LogP) is 3.27. The number of ether oxygens (including phenoxy) is 1. The number of nitrogens with two attached hydrogens (primary N) is 1. The van der Waals surface area contributed by atoms with E-state index in [9.17, 15) is 4.79 Å². The predicted molar refractivity (Wildman–Crippen MR) is 93.1 cm³/mol. The quantitative estimate of drug-likeness (QED) is 0.715. The van der Waals surface area contributed by atoms with Gasteiger partial charge >= 0.3 is 0 Å². The number of carbonyl (C=O) groups excluding carboxylic acids is 1. The van der Waals surface area contributed by atoms with E-state index >= 15 is 0 Å². The van der Waals surface area contributed by atoms with Crippen molar-refractivity contribution in [2.24, 2.45) is 5.73 Å². The molecule has 5 nitrogen and oxygen atoms in total. The SMILES string of the molecule is COc1cccc(-c2nc3ccc(Br)cn3c2/C=C/C(N)=O)c1. The van der Waals surface area contributed by atoms with Gasteiger partial charge in [-0.3, -0.25) is 9.20 Å². The molecule has 0 saturated heterocycles. The van der Waals surface area contributed by atoms with E-state index in [1.807, 2.05) is 47.0 Å². The van der Waals surface area contributed by atoms with Gasteiger partial charge in [-0.1, -0.05) is 12.1 Å². The van der Waals surface area contributed by atoms with Gasteiger partial charge in [-0.15, -0.1) is 0 Å². The molecule has 3 rings (SSSR count). The van der Waals surface area contributed by atoms with Crippen molar-refractivity contribution in [3.63, 3.8) is 0 Å². The number of nitrogens with zero attached hydrogens (tertiary/aromatic N) is 2. The van der Waals surface area contributed by atoms with Gasteiger partial charge < -0.3 is 10.5 Å². The molecule has 0 atom stereocenters. The first-order valence-electron chi connectivity index (χ1n) is 6.88. The molecular formula is C17H14BrN3O2. The summed E-state index contributed by atoms with van der Waals surface area (Å²) in [6, 6.07) is 11.4. The summed E-state index contributed by atoms with van der Waals surface area (Å²) < 4.78 is 8.08. The Hall–Kier alpha value is -2.60. The van der Waals surface area contributed by atoms with Crippen LogP contribution in [0.4, 0.5) is 0 Å². The fraction of sp³-hybridized carbons (Fsp3) is 0.0588. The fourth-order valence-corrected chi connectivity index (χ4v) is 2.68. The monoisotopic (exact) mass is 371 g/mol. The van der Waals surface area contributed by atoms with E-state index in [2.05, 4.69) is 20.9 Å². The molecule has 2 aromatic heterocycles. The van der Waals surface area contributed by atoms with Crippen LogP contribution in [0.1, 0.15) is 5.69 Å². The normalized spacial score (nSPS) is 11.2. The summed E-state index contributed by atoms with van der Waals surface area (Å²) in [5, 5.41) is 0. The fourth-order valence-electron chi connectivity index (χ4n) is 2.34. The average Bonchev–Trinajstić information content (AvgIpc) is 2.90. The number of halogens is 1. The molecule has 0 spiro atoms. The van der Waals surface area contributed by atoms with E-state index in [1.165, 1.54) is 6.08 Å². The topological polar surface area (TPSA) is 69.6 Å². The number of imidazole rings is 1. The Morgan fingerprint density at radius 3 is 2.91 bits per heavy atom. The number of rotatable bonds is 4. The summed E-state index contributed by atoms with van der Waals surface area (Å²) in [5.41, 5.74) is 8.42.